The minimum atomic E-state index is -1.73. The maximum absolute atomic E-state index is 7.63. The van der Waals surface area contributed by atoms with E-state index in [2.05, 4.69) is 100 Å². The molecule has 0 unspecified atom stereocenters. The Morgan fingerprint density at radius 1 is 0.362 bits per heavy atom. The molecule has 0 atom stereocenters. The number of aryl methyl sites for hydroxylation is 4. The van der Waals surface area contributed by atoms with Gasteiger partial charge >= 0.3 is 0 Å². The van der Waals surface area contributed by atoms with E-state index in [4.69, 9.17) is 23.1 Å². The van der Waals surface area contributed by atoms with Crippen molar-refractivity contribution >= 4 is 38.8 Å². The average molecular weight is 669 g/mol. The molecule has 0 aliphatic rings. The Hall–Kier alpha value is -3.53. The van der Waals surface area contributed by atoms with Gasteiger partial charge in [0, 0.05) is 0 Å². The third-order valence-corrected chi connectivity index (χ3v) is 13.2. The fraction of sp³-hybridized carbons (Fsp3) is 0.400. The monoisotopic (exact) mass is 668 g/mol. The van der Waals surface area contributed by atoms with E-state index >= 15 is 0 Å². The number of benzene rings is 4. The number of ether oxygens (including phenoxy) is 4. The van der Waals surface area contributed by atoms with E-state index in [-0.39, 0.29) is 0 Å². The van der Waals surface area contributed by atoms with Crippen LogP contribution in [-0.4, -0.2) is 44.5 Å². The molecule has 0 heterocycles. The Kier molecular flexibility index (Phi) is 14.0. The summed E-state index contributed by atoms with van der Waals surface area (Å²) < 4.78 is 31.7. The minimum Gasteiger partial charge on any atom is -0.494 e. The van der Waals surface area contributed by atoms with Gasteiger partial charge in [0.1, 0.15) is 23.0 Å². The SMILES string of the molecule is CCOc1ccc([Si](O[Si](c2ccc(OCC)c(CC)c2)c2ccc(OCC)c(CC)c2)c2ccc(OCC)c(CC)c2)cc1CC. The summed E-state index contributed by atoms with van der Waals surface area (Å²) in [6.45, 7) is 19.5. The molecule has 47 heavy (non-hydrogen) atoms. The van der Waals surface area contributed by atoms with E-state index < -0.39 is 18.1 Å². The first-order chi connectivity index (χ1) is 22.9. The Morgan fingerprint density at radius 2 is 0.596 bits per heavy atom. The van der Waals surface area contributed by atoms with Gasteiger partial charge in [0.15, 0.2) is 0 Å². The molecule has 4 rings (SSSR count). The fourth-order valence-corrected chi connectivity index (χ4v) is 11.4. The first-order valence-electron chi connectivity index (χ1n) is 17.4. The summed E-state index contributed by atoms with van der Waals surface area (Å²) in [6, 6.07) is 26.6. The van der Waals surface area contributed by atoms with E-state index in [1.54, 1.807) is 0 Å². The molecule has 0 spiro atoms. The summed E-state index contributed by atoms with van der Waals surface area (Å²) in [4.78, 5) is 0. The zero-order valence-corrected chi connectivity index (χ0v) is 31.6. The minimum absolute atomic E-state index is 0.640. The summed E-state index contributed by atoms with van der Waals surface area (Å²) >= 11 is 0. The van der Waals surface area contributed by atoms with Crippen LogP contribution in [0.15, 0.2) is 72.8 Å². The Balaban J connectivity index is 1.94. The molecule has 0 saturated carbocycles. The number of hydrogen-bond donors (Lipinski definition) is 0. The number of rotatable bonds is 18. The Morgan fingerprint density at radius 3 is 0.787 bits per heavy atom. The lowest BCUT2D eigenvalue weighted by molar-refractivity contribution is 0.336. The van der Waals surface area contributed by atoms with Gasteiger partial charge in [-0.1, -0.05) is 76.2 Å². The zero-order valence-electron chi connectivity index (χ0n) is 29.6. The van der Waals surface area contributed by atoms with Gasteiger partial charge in [-0.05, 0) is 121 Å². The van der Waals surface area contributed by atoms with E-state index in [0.29, 0.717) is 26.4 Å². The van der Waals surface area contributed by atoms with Gasteiger partial charge in [0.05, 0.1) is 26.4 Å². The maximum Gasteiger partial charge on any atom is 0.272 e. The predicted molar refractivity (Wildman–Crippen MR) is 199 cm³/mol. The molecule has 0 aromatic heterocycles. The molecule has 0 aliphatic carbocycles. The fourth-order valence-electron chi connectivity index (χ4n) is 5.84. The highest BCUT2D eigenvalue weighted by Gasteiger charge is 2.30. The summed E-state index contributed by atoms with van der Waals surface area (Å²) in [5.74, 6) is 3.80. The Bertz CT molecular complexity index is 1360. The van der Waals surface area contributed by atoms with Crippen LogP contribution in [0, 0.1) is 0 Å². The van der Waals surface area contributed by atoms with Gasteiger partial charge in [-0.25, -0.2) is 0 Å². The molecule has 0 amide bonds. The van der Waals surface area contributed by atoms with Crippen LogP contribution in [0.1, 0.15) is 77.6 Å². The molecular weight excluding hydrogens is 617 g/mol. The van der Waals surface area contributed by atoms with Gasteiger partial charge in [0.25, 0.3) is 18.1 Å². The lowest BCUT2D eigenvalue weighted by Crippen LogP contribution is -2.56. The van der Waals surface area contributed by atoms with Crippen LogP contribution in [0.4, 0.5) is 0 Å². The molecule has 4 aromatic rings. The van der Waals surface area contributed by atoms with E-state index in [9.17, 15) is 0 Å². The first kappa shape index (κ1) is 36.3. The highest BCUT2D eigenvalue weighted by Crippen LogP contribution is 2.23. The third-order valence-electron chi connectivity index (χ3n) is 8.22. The van der Waals surface area contributed by atoms with E-state index in [1.165, 1.54) is 43.0 Å². The molecule has 0 fully saturated rings. The molecular formula is C40H52O5Si2. The molecule has 2 radical (unpaired) electrons. The second-order valence-corrected chi connectivity index (χ2v) is 15.6. The molecule has 0 saturated heterocycles. The molecule has 4 aromatic carbocycles. The van der Waals surface area contributed by atoms with Crippen LogP contribution >= 0.6 is 0 Å². The molecule has 0 aliphatic heterocycles. The quantitative estimate of drug-likeness (QED) is 0.114. The summed E-state index contributed by atoms with van der Waals surface area (Å²) in [7, 11) is -3.45. The van der Waals surface area contributed by atoms with Gasteiger partial charge in [0.2, 0.25) is 0 Å². The third kappa shape index (κ3) is 8.89. The standard InChI is InChI=1S/C40H52O5Si2/c1-9-29-25-33(17-21-37(29)41-13-5)46(34-18-22-38(42-14-6)30(10-2)26-34)45-47(35-19-23-39(43-15-7)31(11-3)27-35)36-20-24-40(44-16-8)32(12-4)28-36/h17-28H,9-16H2,1-8H3. The smallest absolute Gasteiger partial charge is 0.272 e. The predicted octanol–water partition coefficient (Wildman–Crippen LogP) is 6.46. The normalized spacial score (nSPS) is 11.3. The van der Waals surface area contributed by atoms with Crippen molar-refractivity contribution in [3.05, 3.63) is 95.1 Å². The maximum atomic E-state index is 7.63. The zero-order chi connectivity index (χ0) is 33.8. The lowest BCUT2D eigenvalue weighted by atomic mass is 10.1. The van der Waals surface area contributed by atoms with Gasteiger partial charge in [-0.3, -0.25) is 0 Å². The topological polar surface area (TPSA) is 46.2 Å². The summed E-state index contributed by atoms with van der Waals surface area (Å²) in [5, 5.41) is 4.86. The van der Waals surface area contributed by atoms with Crippen LogP contribution in [0.3, 0.4) is 0 Å². The van der Waals surface area contributed by atoms with Crippen LogP contribution in [-0.2, 0) is 29.8 Å². The van der Waals surface area contributed by atoms with Crippen LogP contribution < -0.4 is 39.7 Å². The van der Waals surface area contributed by atoms with Crippen molar-refractivity contribution in [1.82, 2.24) is 0 Å². The molecule has 250 valence electrons. The van der Waals surface area contributed by atoms with Gasteiger partial charge in [-0.15, -0.1) is 0 Å². The second kappa shape index (κ2) is 18.1. The lowest BCUT2D eigenvalue weighted by Gasteiger charge is -2.26. The summed E-state index contributed by atoms with van der Waals surface area (Å²) in [6.07, 6.45) is 3.54. The highest BCUT2D eigenvalue weighted by molar-refractivity contribution is 6.91. The van der Waals surface area contributed by atoms with E-state index in [1.807, 2.05) is 27.7 Å². The Labute approximate surface area is 286 Å². The van der Waals surface area contributed by atoms with Crippen molar-refractivity contribution < 1.29 is 23.1 Å². The first-order valence-corrected chi connectivity index (χ1v) is 20.2. The van der Waals surface area contributed by atoms with Crippen molar-refractivity contribution in [2.45, 2.75) is 81.1 Å². The molecule has 7 heteroatoms. The number of hydrogen-bond acceptors (Lipinski definition) is 5. The van der Waals surface area contributed by atoms with Crippen molar-refractivity contribution in [2.24, 2.45) is 0 Å². The van der Waals surface area contributed by atoms with E-state index in [0.717, 1.165) is 48.7 Å². The van der Waals surface area contributed by atoms with Crippen molar-refractivity contribution in [2.75, 3.05) is 26.4 Å². The molecule has 0 N–H and O–H groups in total. The molecule has 0 bridgehead atoms. The van der Waals surface area contributed by atoms with Crippen LogP contribution in [0.2, 0.25) is 0 Å². The van der Waals surface area contributed by atoms with Gasteiger partial charge in [-0.2, -0.15) is 0 Å². The van der Waals surface area contributed by atoms with Crippen molar-refractivity contribution in [3.63, 3.8) is 0 Å². The molecule has 5 nitrogen and oxygen atoms in total. The van der Waals surface area contributed by atoms with Crippen molar-refractivity contribution in [1.29, 1.82) is 0 Å². The van der Waals surface area contributed by atoms with Gasteiger partial charge < -0.3 is 23.1 Å². The van der Waals surface area contributed by atoms with Crippen LogP contribution in [0.25, 0.3) is 0 Å². The second-order valence-electron chi connectivity index (χ2n) is 11.2. The highest BCUT2D eigenvalue weighted by atomic mass is 28.4. The van der Waals surface area contributed by atoms with Crippen molar-refractivity contribution in [3.8, 4) is 23.0 Å². The summed E-state index contributed by atoms with van der Waals surface area (Å²) in [5.41, 5.74) is 4.81. The average Bonchev–Trinajstić information content (AvgIpc) is 3.10. The van der Waals surface area contributed by atoms with Crippen LogP contribution in [0.5, 0.6) is 23.0 Å². The largest absolute Gasteiger partial charge is 0.494 e.